The Balaban J connectivity index is 3.87. The van der Waals surface area contributed by atoms with E-state index < -0.39 is 0 Å². The van der Waals surface area contributed by atoms with Crippen LogP contribution in [0.5, 0.6) is 0 Å². The molecule has 0 bridgehead atoms. The summed E-state index contributed by atoms with van der Waals surface area (Å²) in [6, 6.07) is 0. The first-order valence-corrected chi connectivity index (χ1v) is 4.53. The Kier molecular flexibility index (Phi) is 4.70. The second-order valence-electron chi connectivity index (χ2n) is 4.00. The van der Waals surface area contributed by atoms with Crippen molar-refractivity contribution in [2.75, 3.05) is 27.4 Å². The highest BCUT2D eigenvalue weighted by atomic mass is 16.5. The standard InChI is InChI=1S/C10H20NO2/c1-6-7-11(4,5)8-13-10(12)9(2)3/h2,6-8H2,1,3-5H3/q+1. The average molecular weight is 186 g/mol. The van der Waals surface area contributed by atoms with E-state index in [9.17, 15) is 4.79 Å². The minimum absolute atomic E-state index is 0.303. The van der Waals surface area contributed by atoms with E-state index in [0.29, 0.717) is 16.8 Å². The fraction of sp³-hybridized carbons (Fsp3) is 0.700. The van der Waals surface area contributed by atoms with Crippen LogP contribution in [0.1, 0.15) is 20.3 Å². The third-order valence-corrected chi connectivity index (χ3v) is 1.72. The van der Waals surface area contributed by atoms with Gasteiger partial charge in [-0.2, -0.15) is 0 Å². The summed E-state index contributed by atoms with van der Waals surface area (Å²) in [5.74, 6) is -0.303. The van der Waals surface area contributed by atoms with Gasteiger partial charge in [-0.3, -0.25) is 4.48 Å². The summed E-state index contributed by atoms with van der Waals surface area (Å²) >= 11 is 0. The SMILES string of the molecule is C=C(C)C(=O)OC[N+](C)(C)CCC. The summed E-state index contributed by atoms with van der Waals surface area (Å²) in [5.41, 5.74) is 0.455. The lowest BCUT2D eigenvalue weighted by Crippen LogP contribution is -2.42. The van der Waals surface area contributed by atoms with Crippen molar-refractivity contribution in [2.45, 2.75) is 20.3 Å². The molecule has 3 nitrogen and oxygen atoms in total. The molecule has 0 rings (SSSR count). The minimum atomic E-state index is -0.303. The van der Waals surface area contributed by atoms with Gasteiger partial charge in [-0.05, 0) is 13.3 Å². The van der Waals surface area contributed by atoms with Gasteiger partial charge in [0.05, 0.1) is 20.6 Å². The lowest BCUT2D eigenvalue weighted by molar-refractivity contribution is -0.907. The largest absolute Gasteiger partial charge is 0.412 e. The molecule has 0 aliphatic rings. The number of hydrogen-bond acceptors (Lipinski definition) is 2. The van der Waals surface area contributed by atoms with Crippen LogP contribution in [0.3, 0.4) is 0 Å². The lowest BCUT2D eigenvalue weighted by Gasteiger charge is -2.28. The molecule has 0 saturated carbocycles. The van der Waals surface area contributed by atoms with Crippen molar-refractivity contribution in [3.05, 3.63) is 12.2 Å². The van der Waals surface area contributed by atoms with Crippen LogP contribution in [-0.4, -0.2) is 37.8 Å². The Morgan fingerprint density at radius 2 is 2.00 bits per heavy atom. The van der Waals surface area contributed by atoms with Gasteiger partial charge in [0.2, 0.25) is 6.73 Å². The van der Waals surface area contributed by atoms with Gasteiger partial charge in [-0.15, -0.1) is 0 Å². The van der Waals surface area contributed by atoms with Crippen LogP contribution in [0.4, 0.5) is 0 Å². The first-order chi connectivity index (χ1) is 5.89. The van der Waals surface area contributed by atoms with Gasteiger partial charge < -0.3 is 4.74 Å². The topological polar surface area (TPSA) is 26.3 Å². The summed E-state index contributed by atoms with van der Waals surface area (Å²) in [6.45, 7) is 8.71. The van der Waals surface area contributed by atoms with Gasteiger partial charge in [0, 0.05) is 5.57 Å². The molecule has 13 heavy (non-hydrogen) atoms. The van der Waals surface area contributed by atoms with E-state index in [4.69, 9.17) is 4.74 Å². The number of ether oxygens (including phenoxy) is 1. The Labute approximate surface area is 80.6 Å². The predicted molar refractivity (Wildman–Crippen MR) is 53.0 cm³/mol. The molecule has 0 fully saturated rings. The summed E-state index contributed by atoms with van der Waals surface area (Å²) in [5, 5.41) is 0. The third kappa shape index (κ3) is 5.42. The van der Waals surface area contributed by atoms with Crippen LogP contribution < -0.4 is 0 Å². The molecule has 0 aliphatic heterocycles. The van der Waals surface area contributed by atoms with E-state index in [1.807, 2.05) is 14.1 Å². The summed E-state index contributed by atoms with van der Waals surface area (Å²) < 4.78 is 5.76. The summed E-state index contributed by atoms with van der Waals surface area (Å²) in [7, 11) is 4.07. The van der Waals surface area contributed by atoms with Crippen molar-refractivity contribution >= 4 is 5.97 Å². The number of quaternary nitrogens is 1. The molecule has 0 unspecified atom stereocenters. The van der Waals surface area contributed by atoms with Crippen LogP contribution in [0.2, 0.25) is 0 Å². The normalized spacial score (nSPS) is 11.1. The maximum atomic E-state index is 11.1. The molecule has 0 saturated heterocycles. The molecule has 0 heterocycles. The van der Waals surface area contributed by atoms with E-state index in [1.165, 1.54) is 0 Å². The Morgan fingerprint density at radius 1 is 1.46 bits per heavy atom. The number of rotatable bonds is 5. The smallest absolute Gasteiger partial charge is 0.337 e. The van der Waals surface area contributed by atoms with Crippen LogP contribution in [-0.2, 0) is 9.53 Å². The zero-order chi connectivity index (χ0) is 10.5. The maximum Gasteiger partial charge on any atom is 0.337 e. The Hall–Kier alpha value is -0.830. The van der Waals surface area contributed by atoms with Crippen LogP contribution in [0, 0.1) is 0 Å². The van der Waals surface area contributed by atoms with Crippen LogP contribution in [0.25, 0.3) is 0 Å². The molecule has 0 aromatic rings. The van der Waals surface area contributed by atoms with Crippen molar-refractivity contribution in [3.63, 3.8) is 0 Å². The molecule has 0 aromatic carbocycles. The van der Waals surface area contributed by atoms with E-state index in [-0.39, 0.29) is 5.97 Å². The van der Waals surface area contributed by atoms with Crippen molar-refractivity contribution < 1.29 is 14.0 Å². The zero-order valence-corrected chi connectivity index (χ0v) is 9.09. The first-order valence-electron chi connectivity index (χ1n) is 4.53. The maximum absolute atomic E-state index is 11.1. The van der Waals surface area contributed by atoms with Crippen LogP contribution >= 0.6 is 0 Å². The van der Waals surface area contributed by atoms with Crippen molar-refractivity contribution in [1.82, 2.24) is 0 Å². The first kappa shape index (κ1) is 12.2. The van der Waals surface area contributed by atoms with Gasteiger partial charge in [0.25, 0.3) is 0 Å². The Bertz CT molecular complexity index is 197. The third-order valence-electron chi connectivity index (χ3n) is 1.72. The monoisotopic (exact) mass is 186 g/mol. The zero-order valence-electron chi connectivity index (χ0n) is 9.09. The number of hydrogen-bond donors (Lipinski definition) is 0. The highest BCUT2D eigenvalue weighted by Gasteiger charge is 2.16. The summed E-state index contributed by atoms with van der Waals surface area (Å²) in [4.78, 5) is 11.1. The van der Waals surface area contributed by atoms with Gasteiger partial charge in [-0.25, -0.2) is 4.79 Å². The van der Waals surface area contributed by atoms with E-state index >= 15 is 0 Å². The molecule has 0 amide bonds. The molecule has 3 heteroatoms. The molecule has 76 valence electrons. The molecule has 0 spiro atoms. The molecular formula is C10H20NO2+. The van der Waals surface area contributed by atoms with Gasteiger partial charge in [0.1, 0.15) is 0 Å². The fourth-order valence-corrected chi connectivity index (χ4v) is 1.03. The fourth-order valence-electron chi connectivity index (χ4n) is 1.03. The molecule has 0 aliphatic carbocycles. The molecule has 0 N–H and O–H groups in total. The second-order valence-corrected chi connectivity index (χ2v) is 4.00. The minimum Gasteiger partial charge on any atom is -0.412 e. The van der Waals surface area contributed by atoms with Crippen molar-refractivity contribution in [2.24, 2.45) is 0 Å². The van der Waals surface area contributed by atoms with E-state index in [0.717, 1.165) is 13.0 Å². The lowest BCUT2D eigenvalue weighted by atomic mass is 10.4. The van der Waals surface area contributed by atoms with Gasteiger partial charge in [-0.1, -0.05) is 13.5 Å². The number of esters is 1. The average Bonchev–Trinajstić information content (AvgIpc) is 2.00. The molecular weight excluding hydrogens is 166 g/mol. The molecule has 0 aromatic heterocycles. The van der Waals surface area contributed by atoms with Gasteiger partial charge in [0.15, 0.2) is 0 Å². The van der Waals surface area contributed by atoms with E-state index in [2.05, 4.69) is 13.5 Å². The second kappa shape index (κ2) is 5.02. The highest BCUT2D eigenvalue weighted by Crippen LogP contribution is 2.01. The predicted octanol–water partition coefficient (Wildman–Crippen LogP) is 1.55. The number of carbonyl (C=O) groups excluding carboxylic acids is 1. The van der Waals surface area contributed by atoms with E-state index in [1.54, 1.807) is 6.92 Å². The highest BCUT2D eigenvalue weighted by molar-refractivity contribution is 5.86. The molecule has 0 atom stereocenters. The van der Waals surface area contributed by atoms with Crippen molar-refractivity contribution in [1.29, 1.82) is 0 Å². The van der Waals surface area contributed by atoms with Crippen molar-refractivity contribution in [3.8, 4) is 0 Å². The number of nitrogens with zero attached hydrogens (tertiary/aromatic N) is 1. The number of carbonyl (C=O) groups is 1. The van der Waals surface area contributed by atoms with Gasteiger partial charge >= 0.3 is 5.97 Å². The van der Waals surface area contributed by atoms with Crippen LogP contribution in [0.15, 0.2) is 12.2 Å². The quantitative estimate of drug-likeness (QED) is 0.282. The molecule has 0 radical (unpaired) electrons. The Morgan fingerprint density at radius 3 is 2.38 bits per heavy atom. The summed E-state index contributed by atoms with van der Waals surface area (Å²) in [6.07, 6.45) is 1.08.